The standard InChI is InChI=1S/C12H15NO4/c1-2-3-6-10-7-4-5-8-11(10)17-12(14)9-13(15)16/h4-5,7-8H,2-3,6,9H2,1H3. The Morgan fingerprint density at radius 3 is 2.76 bits per heavy atom. The summed E-state index contributed by atoms with van der Waals surface area (Å²) in [6, 6.07) is 7.12. The second-order valence-corrected chi connectivity index (χ2v) is 3.68. The number of benzene rings is 1. The number of para-hydroxylation sites is 1. The van der Waals surface area contributed by atoms with Crippen LogP contribution in [0.2, 0.25) is 0 Å². The van der Waals surface area contributed by atoms with Crippen molar-refractivity contribution in [2.45, 2.75) is 26.2 Å². The lowest BCUT2D eigenvalue weighted by Gasteiger charge is -2.07. The van der Waals surface area contributed by atoms with Gasteiger partial charge in [-0.3, -0.25) is 10.1 Å². The second-order valence-electron chi connectivity index (χ2n) is 3.68. The van der Waals surface area contributed by atoms with Gasteiger partial charge in [0.2, 0.25) is 0 Å². The van der Waals surface area contributed by atoms with Crippen LogP contribution in [0.15, 0.2) is 24.3 Å². The molecule has 92 valence electrons. The summed E-state index contributed by atoms with van der Waals surface area (Å²) in [6.45, 7) is 1.27. The van der Waals surface area contributed by atoms with Gasteiger partial charge in [-0.25, -0.2) is 4.79 Å². The quantitative estimate of drug-likeness (QED) is 0.329. The predicted molar refractivity (Wildman–Crippen MR) is 62.6 cm³/mol. The van der Waals surface area contributed by atoms with Crippen molar-refractivity contribution in [2.75, 3.05) is 6.54 Å². The van der Waals surface area contributed by atoms with Gasteiger partial charge in [0.25, 0.3) is 6.54 Å². The number of carbonyl (C=O) groups excluding carboxylic acids is 1. The minimum atomic E-state index is -0.834. The van der Waals surface area contributed by atoms with Gasteiger partial charge in [0, 0.05) is 4.92 Å². The van der Waals surface area contributed by atoms with Gasteiger partial charge in [-0.05, 0) is 24.5 Å². The molecule has 0 heterocycles. The van der Waals surface area contributed by atoms with Crippen molar-refractivity contribution in [1.29, 1.82) is 0 Å². The summed E-state index contributed by atoms with van der Waals surface area (Å²) in [5.74, 6) is -0.410. The van der Waals surface area contributed by atoms with Crippen molar-refractivity contribution in [3.05, 3.63) is 39.9 Å². The van der Waals surface area contributed by atoms with Crippen LogP contribution < -0.4 is 4.74 Å². The lowest BCUT2D eigenvalue weighted by atomic mass is 10.1. The van der Waals surface area contributed by atoms with Crippen molar-refractivity contribution in [3.8, 4) is 5.75 Å². The van der Waals surface area contributed by atoms with Gasteiger partial charge in [0.1, 0.15) is 5.75 Å². The van der Waals surface area contributed by atoms with Crippen molar-refractivity contribution >= 4 is 5.97 Å². The molecule has 0 radical (unpaired) electrons. The molecule has 0 aliphatic carbocycles. The predicted octanol–water partition coefficient (Wildman–Crippen LogP) is 2.21. The Kier molecular flexibility index (Phi) is 5.13. The molecule has 0 aromatic heterocycles. The van der Waals surface area contributed by atoms with E-state index in [1.165, 1.54) is 0 Å². The molecule has 5 nitrogen and oxygen atoms in total. The molecule has 0 saturated carbocycles. The molecule has 0 aliphatic heterocycles. The Morgan fingerprint density at radius 1 is 1.41 bits per heavy atom. The highest BCUT2D eigenvalue weighted by Crippen LogP contribution is 2.20. The summed E-state index contributed by atoms with van der Waals surface area (Å²) in [4.78, 5) is 20.6. The number of nitro groups is 1. The van der Waals surface area contributed by atoms with Crippen LogP contribution in [0, 0.1) is 10.1 Å². The zero-order chi connectivity index (χ0) is 12.7. The van der Waals surface area contributed by atoms with E-state index in [1.54, 1.807) is 12.1 Å². The minimum Gasteiger partial charge on any atom is -0.421 e. The van der Waals surface area contributed by atoms with E-state index in [2.05, 4.69) is 6.92 Å². The molecule has 0 fully saturated rings. The number of unbranched alkanes of at least 4 members (excludes halogenated alkanes) is 1. The third-order valence-corrected chi connectivity index (χ3v) is 2.25. The van der Waals surface area contributed by atoms with Crippen LogP contribution in [-0.4, -0.2) is 17.4 Å². The van der Waals surface area contributed by atoms with Gasteiger partial charge < -0.3 is 4.74 Å². The number of esters is 1. The Balaban J connectivity index is 2.69. The average molecular weight is 237 g/mol. The van der Waals surface area contributed by atoms with E-state index in [0.29, 0.717) is 5.75 Å². The van der Waals surface area contributed by atoms with Gasteiger partial charge in [-0.15, -0.1) is 0 Å². The normalized spacial score (nSPS) is 9.94. The molecule has 0 amide bonds. The first-order valence-electron chi connectivity index (χ1n) is 5.54. The first-order chi connectivity index (χ1) is 8.13. The molecule has 5 heteroatoms. The molecule has 0 atom stereocenters. The molecular formula is C12H15NO4. The highest BCUT2D eigenvalue weighted by molar-refractivity contribution is 5.73. The molecule has 17 heavy (non-hydrogen) atoms. The molecule has 0 aliphatic rings. The third kappa shape index (κ3) is 4.63. The van der Waals surface area contributed by atoms with Crippen molar-refractivity contribution < 1.29 is 14.5 Å². The topological polar surface area (TPSA) is 69.4 Å². The number of ether oxygens (including phenoxy) is 1. The van der Waals surface area contributed by atoms with Crippen LogP contribution in [0.25, 0.3) is 0 Å². The molecule has 1 aromatic carbocycles. The maximum absolute atomic E-state index is 11.2. The lowest BCUT2D eigenvalue weighted by Crippen LogP contribution is -2.19. The van der Waals surface area contributed by atoms with Gasteiger partial charge >= 0.3 is 5.97 Å². The second kappa shape index (κ2) is 6.62. The summed E-state index contributed by atoms with van der Waals surface area (Å²) in [5, 5.41) is 10.2. The zero-order valence-electron chi connectivity index (χ0n) is 9.72. The van der Waals surface area contributed by atoms with Crippen LogP contribution in [0.3, 0.4) is 0 Å². The smallest absolute Gasteiger partial charge is 0.383 e. The highest BCUT2D eigenvalue weighted by atomic mass is 16.6. The fraction of sp³-hybridized carbons (Fsp3) is 0.417. The highest BCUT2D eigenvalue weighted by Gasteiger charge is 2.13. The van der Waals surface area contributed by atoms with E-state index in [1.807, 2.05) is 12.1 Å². The third-order valence-electron chi connectivity index (χ3n) is 2.25. The zero-order valence-corrected chi connectivity index (χ0v) is 9.72. The fourth-order valence-electron chi connectivity index (χ4n) is 1.44. The molecule has 0 saturated heterocycles. The minimum absolute atomic E-state index is 0.424. The van der Waals surface area contributed by atoms with E-state index in [4.69, 9.17) is 4.74 Å². The van der Waals surface area contributed by atoms with Gasteiger partial charge in [-0.1, -0.05) is 31.5 Å². The molecular weight excluding hydrogens is 222 g/mol. The largest absolute Gasteiger partial charge is 0.421 e. The SMILES string of the molecule is CCCCc1ccccc1OC(=O)C[N+](=O)[O-]. The molecule has 0 bridgehead atoms. The van der Waals surface area contributed by atoms with Gasteiger partial charge in [0.15, 0.2) is 0 Å². The van der Waals surface area contributed by atoms with Crippen molar-refractivity contribution in [1.82, 2.24) is 0 Å². The van der Waals surface area contributed by atoms with E-state index in [9.17, 15) is 14.9 Å². The molecule has 0 N–H and O–H groups in total. The molecule has 0 spiro atoms. The fourth-order valence-corrected chi connectivity index (χ4v) is 1.44. The number of hydrogen-bond donors (Lipinski definition) is 0. The van der Waals surface area contributed by atoms with Crippen LogP contribution >= 0.6 is 0 Å². The Morgan fingerprint density at radius 2 is 2.12 bits per heavy atom. The monoisotopic (exact) mass is 237 g/mol. The van der Waals surface area contributed by atoms with Crippen LogP contribution in [-0.2, 0) is 11.2 Å². The summed E-state index contributed by atoms with van der Waals surface area (Å²) < 4.78 is 4.97. The maximum Gasteiger partial charge on any atom is 0.383 e. The Labute approximate surface area is 99.5 Å². The number of rotatable bonds is 6. The van der Waals surface area contributed by atoms with E-state index >= 15 is 0 Å². The van der Waals surface area contributed by atoms with E-state index in [-0.39, 0.29) is 0 Å². The first kappa shape index (κ1) is 13.2. The van der Waals surface area contributed by atoms with Crippen LogP contribution in [0.1, 0.15) is 25.3 Å². The molecule has 1 aromatic rings. The summed E-state index contributed by atoms with van der Waals surface area (Å²) >= 11 is 0. The molecule has 0 unspecified atom stereocenters. The summed E-state index contributed by atoms with van der Waals surface area (Å²) in [5.41, 5.74) is 0.908. The van der Waals surface area contributed by atoms with E-state index in [0.717, 1.165) is 24.8 Å². The van der Waals surface area contributed by atoms with Gasteiger partial charge in [0.05, 0.1) is 0 Å². The van der Waals surface area contributed by atoms with Crippen LogP contribution in [0.5, 0.6) is 5.75 Å². The maximum atomic E-state index is 11.2. The lowest BCUT2D eigenvalue weighted by molar-refractivity contribution is -0.469. The summed E-state index contributed by atoms with van der Waals surface area (Å²) in [7, 11) is 0. The number of carbonyl (C=O) groups is 1. The van der Waals surface area contributed by atoms with Crippen molar-refractivity contribution in [3.63, 3.8) is 0 Å². The Hall–Kier alpha value is -1.91. The average Bonchev–Trinajstić information content (AvgIpc) is 2.26. The first-order valence-corrected chi connectivity index (χ1v) is 5.54. The van der Waals surface area contributed by atoms with Crippen molar-refractivity contribution in [2.24, 2.45) is 0 Å². The summed E-state index contributed by atoms with van der Waals surface area (Å²) in [6.07, 6.45) is 2.83. The number of hydrogen-bond acceptors (Lipinski definition) is 4. The van der Waals surface area contributed by atoms with Gasteiger partial charge in [-0.2, -0.15) is 0 Å². The van der Waals surface area contributed by atoms with Crippen LogP contribution in [0.4, 0.5) is 0 Å². The van der Waals surface area contributed by atoms with E-state index < -0.39 is 17.4 Å². The molecule has 1 rings (SSSR count). The number of nitrogens with zero attached hydrogens (tertiary/aromatic N) is 1. The Bertz CT molecular complexity index is 403. The number of aryl methyl sites for hydroxylation is 1.